The van der Waals surface area contributed by atoms with E-state index in [2.05, 4.69) is 51.7 Å². The second kappa shape index (κ2) is 24.9. The minimum atomic E-state index is 0.243. The number of aromatic nitrogens is 1. The van der Waals surface area contributed by atoms with Gasteiger partial charge in [0.05, 0.1) is 12.5 Å². The summed E-state index contributed by atoms with van der Waals surface area (Å²) in [5.74, 6) is 0. The first-order valence-electron chi connectivity index (χ1n) is 9.74. The van der Waals surface area contributed by atoms with Gasteiger partial charge in [0.2, 0.25) is 0 Å². The molecule has 0 atom stereocenters. The fourth-order valence-electron chi connectivity index (χ4n) is 1.60. The molecule has 6 rings (SSSR count). The van der Waals surface area contributed by atoms with E-state index in [0.717, 1.165) is 0 Å². The Morgan fingerprint density at radius 3 is 1.22 bits per heavy atom. The standard InChI is InChI=1S/C6H6.C5H5N.C4H4O.C4H4S.C4H4Se.C4H4Te/c2*1-2-4-6-5-3-1;4*1-2-4-5-3-1/h1-6H;1-5H;4*1-4H. The van der Waals surface area contributed by atoms with Crippen molar-refractivity contribution in [3.8, 4) is 0 Å². The minimum Gasteiger partial charge on any atom is -0.473 e. The molecule has 32 heavy (non-hydrogen) atoms. The molecule has 0 spiro atoms. The number of furan rings is 1. The van der Waals surface area contributed by atoms with Crippen LogP contribution in [0.2, 0.25) is 0 Å². The van der Waals surface area contributed by atoms with E-state index in [4.69, 9.17) is 0 Å². The predicted octanol–water partition coefficient (Wildman–Crippen LogP) is 7.28. The minimum absolute atomic E-state index is 0.243. The Bertz CT molecular complexity index is 698. The van der Waals surface area contributed by atoms with Crippen LogP contribution in [-0.4, -0.2) is 39.9 Å². The van der Waals surface area contributed by atoms with Crippen molar-refractivity contribution in [2.75, 3.05) is 0 Å². The van der Waals surface area contributed by atoms with E-state index in [1.165, 1.54) is 0 Å². The van der Waals surface area contributed by atoms with E-state index in [-0.39, 0.29) is 20.4 Å². The Morgan fingerprint density at radius 1 is 0.531 bits per heavy atom. The predicted molar refractivity (Wildman–Crippen MR) is 140 cm³/mol. The third-order valence-corrected chi connectivity index (χ3v) is 6.68. The number of pyridine rings is 1. The third-order valence-electron chi connectivity index (χ3n) is 2.93. The number of nitrogens with zero attached hydrogens (tertiary/aromatic N) is 1. The normalized spacial score (nSPS) is 8.00. The molecule has 0 unspecified atom stereocenters. The molecule has 0 radical (unpaired) electrons. The van der Waals surface area contributed by atoms with Gasteiger partial charge >= 0.3 is 77.2 Å². The van der Waals surface area contributed by atoms with Gasteiger partial charge in [-0.05, 0) is 35.0 Å². The van der Waals surface area contributed by atoms with E-state index in [9.17, 15) is 0 Å². The third kappa shape index (κ3) is 22.3. The van der Waals surface area contributed by atoms with Crippen molar-refractivity contribution < 1.29 is 4.42 Å². The number of rotatable bonds is 0. The van der Waals surface area contributed by atoms with Gasteiger partial charge in [-0.15, -0.1) is 0 Å². The topological polar surface area (TPSA) is 26.0 Å². The molecule has 0 saturated heterocycles. The van der Waals surface area contributed by atoms with Gasteiger partial charge in [-0.3, -0.25) is 4.98 Å². The zero-order chi connectivity index (χ0) is 22.6. The average Bonchev–Trinajstić information content (AvgIpc) is 3.73. The summed E-state index contributed by atoms with van der Waals surface area (Å²) >= 11 is 2.66. The molecule has 0 aliphatic carbocycles. The van der Waals surface area contributed by atoms with Crippen molar-refractivity contribution in [1.29, 1.82) is 0 Å². The molecule has 5 heterocycles. The summed E-state index contributed by atoms with van der Waals surface area (Å²) in [5.41, 5.74) is 0. The summed E-state index contributed by atoms with van der Waals surface area (Å²) in [5, 5.41) is 4.08. The van der Waals surface area contributed by atoms with Gasteiger partial charge in [0.1, 0.15) is 0 Å². The second-order valence-electron chi connectivity index (χ2n) is 5.35. The van der Waals surface area contributed by atoms with Crippen molar-refractivity contribution in [1.82, 2.24) is 4.98 Å². The van der Waals surface area contributed by atoms with Gasteiger partial charge in [0.15, 0.2) is 0 Å². The fourth-order valence-corrected chi connectivity index (χ4v) is 4.30. The van der Waals surface area contributed by atoms with Gasteiger partial charge in [0, 0.05) is 12.4 Å². The summed E-state index contributed by atoms with van der Waals surface area (Å²) in [6.45, 7) is 0. The quantitative estimate of drug-likeness (QED) is 0.167. The molecule has 2 nitrogen and oxygen atoms in total. The Balaban J connectivity index is 0.000000192. The maximum Gasteiger partial charge on any atom is 0.0902 e. The van der Waals surface area contributed by atoms with Crippen LogP contribution in [0, 0.1) is 0 Å². The molecule has 0 aliphatic heterocycles. The van der Waals surface area contributed by atoms with Crippen LogP contribution in [0.15, 0.2) is 161 Å². The molecule has 0 saturated carbocycles. The molecule has 0 amide bonds. The number of benzene rings is 1. The van der Waals surface area contributed by atoms with Crippen LogP contribution < -0.4 is 0 Å². The molecule has 6 aromatic rings. The molecule has 0 aliphatic rings. The SMILES string of the molecule is c1cc[se]c1.c1cc[te]c1.c1ccccc1.c1ccncc1.c1ccoc1.c1ccsc1. The van der Waals surface area contributed by atoms with Gasteiger partial charge in [-0.25, -0.2) is 0 Å². The largest absolute Gasteiger partial charge is 0.473 e. The van der Waals surface area contributed by atoms with Crippen LogP contribution in [0.4, 0.5) is 0 Å². The Morgan fingerprint density at radius 2 is 1.03 bits per heavy atom. The zero-order valence-electron chi connectivity index (χ0n) is 17.7. The summed E-state index contributed by atoms with van der Waals surface area (Å²) in [4.78, 5) is 8.16. The maximum atomic E-state index is 4.58. The molecule has 0 fully saturated rings. The second-order valence-corrected chi connectivity index (χ2v) is 10.2. The fraction of sp³-hybridized carbons (Fsp3) is 0. The monoisotopic (exact) mass is 623 g/mol. The van der Waals surface area contributed by atoms with Crippen LogP contribution in [-0.2, 0) is 0 Å². The molecule has 5 heteroatoms. The molecule has 5 aromatic heterocycles. The van der Waals surface area contributed by atoms with Crippen molar-refractivity contribution in [3.63, 3.8) is 0 Å². The van der Waals surface area contributed by atoms with Gasteiger partial charge in [0.25, 0.3) is 0 Å². The van der Waals surface area contributed by atoms with E-state index < -0.39 is 0 Å². The van der Waals surface area contributed by atoms with Crippen LogP contribution in [0.5, 0.6) is 0 Å². The van der Waals surface area contributed by atoms with Crippen LogP contribution >= 0.6 is 11.3 Å². The first-order chi connectivity index (χ1) is 16.0. The van der Waals surface area contributed by atoms with Gasteiger partial charge in [-0.2, -0.15) is 11.3 Å². The summed E-state index contributed by atoms with van der Waals surface area (Å²) in [7, 11) is 0. The van der Waals surface area contributed by atoms with Crippen LogP contribution in [0.1, 0.15) is 0 Å². The summed E-state index contributed by atoms with van der Waals surface area (Å²) in [6, 6.07) is 33.8. The average molecular weight is 620 g/mol. The summed E-state index contributed by atoms with van der Waals surface area (Å²) < 4.78 is 9.09. The smallest absolute Gasteiger partial charge is 0.0902 e. The van der Waals surface area contributed by atoms with E-state index in [1.54, 1.807) is 36.3 Å². The maximum absolute atomic E-state index is 4.58. The molecule has 164 valence electrons. The molecule has 1 aromatic carbocycles. The van der Waals surface area contributed by atoms with Crippen molar-refractivity contribution in [2.45, 2.75) is 0 Å². The van der Waals surface area contributed by atoms with Crippen LogP contribution in [0.25, 0.3) is 0 Å². The first-order valence-corrected chi connectivity index (χ1v) is 15.3. The molecule has 0 bridgehead atoms. The zero-order valence-corrected chi connectivity index (χ0v) is 22.5. The van der Waals surface area contributed by atoms with Crippen molar-refractivity contribution in [3.05, 3.63) is 157 Å². The molecular weight excluding hydrogens is 593 g/mol. The number of hydrogen-bond donors (Lipinski definition) is 0. The molecule has 0 N–H and O–H groups in total. The van der Waals surface area contributed by atoms with E-state index in [0.29, 0.717) is 14.5 Å². The van der Waals surface area contributed by atoms with Crippen molar-refractivity contribution in [2.24, 2.45) is 0 Å². The Labute approximate surface area is 211 Å². The van der Waals surface area contributed by atoms with Crippen molar-refractivity contribution >= 4 is 46.3 Å². The summed E-state index contributed by atoms with van der Waals surface area (Å²) in [6.07, 6.45) is 6.75. The molecular formula is C27H27NOSSeTe. The van der Waals surface area contributed by atoms with E-state index >= 15 is 0 Å². The Kier molecular flexibility index (Phi) is 21.5. The number of hydrogen-bond acceptors (Lipinski definition) is 3. The Hall–Kier alpha value is -2.38. The van der Waals surface area contributed by atoms with Gasteiger partial charge < -0.3 is 4.42 Å². The van der Waals surface area contributed by atoms with E-state index in [1.807, 2.05) is 89.6 Å². The number of thiophene rings is 1. The first kappa shape index (κ1) is 27.7. The van der Waals surface area contributed by atoms with Gasteiger partial charge in [-0.1, -0.05) is 54.6 Å². The van der Waals surface area contributed by atoms with Crippen LogP contribution in [0.3, 0.4) is 0 Å².